The Hall–Kier alpha value is -2.74. The average molecular weight is 333 g/mol. The van der Waals surface area contributed by atoms with Crippen LogP contribution in [0.4, 0.5) is 11.4 Å². The van der Waals surface area contributed by atoms with Crippen LogP contribution in [-0.2, 0) is 6.42 Å². The minimum Gasteiger partial charge on any atom is -0.493 e. The Morgan fingerprint density at radius 3 is 2.40 bits per heavy atom. The zero-order valence-electron chi connectivity index (χ0n) is 15.4. The van der Waals surface area contributed by atoms with Crippen molar-refractivity contribution in [1.29, 1.82) is 0 Å². The van der Waals surface area contributed by atoms with Crippen molar-refractivity contribution in [2.24, 2.45) is 0 Å². The van der Waals surface area contributed by atoms with Crippen molar-refractivity contribution in [1.82, 2.24) is 0 Å². The molecule has 0 atom stereocenters. The third kappa shape index (κ3) is 5.12. The highest BCUT2D eigenvalue weighted by molar-refractivity contribution is 5.81. The number of ether oxygens (including phenoxy) is 1. The molecule has 0 aromatic heterocycles. The molecule has 2 aromatic rings. The topological polar surface area (TPSA) is 21.3 Å². The Bertz CT molecular complexity index is 754. The number of allylic oxidation sites excluding steroid dienone is 5. The second-order valence-electron chi connectivity index (χ2n) is 5.68. The molecular formula is C23H27NO. The van der Waals surface area contributed by atoms with Crippen LogP contribution < -0.4 is 10.1 Å². The Labute approximate surface area is 151 Å². The Morgan fingerprint density at radius 1 is 1.08 bits per heavy atom. The van der Waals surface area contributed by atoms with Crippen molar-refractivity contribution in [2.75, 3.05) is 11.9 Å². The van der Waals surface area contributed by atoms with Gasteiger partial charge in [0.15, 0.2) is 0 Å². The highest BCUT2D eigenvalue weighted by Gasteiger charge is 2.08. The van der Waals surface area contributed by atoms with Gasteiger partial charge in [-0.25, -0.2) is 0 Å². The van der Waals surface area contributed by atoms with Gasteiger partial charge < -0.3 is 10.1 Å². The summed E-state index contributed by atoms with van der Waals surface area (Å²) in [6.45, 7) is 10.6. The first kappa shape index (κ1) is 18.6. The number of benzene rings is 2. The molecule has 0 fully saturated rings. The van der Waals surface area contributed by atoms with Crippen molar-refractivity contribution in [3.8, 4) is 5.75 Å². The fourth-order valence-corrected chi connectivity index (χ4v) is 2.65. The molecule has 0 aliphatic heterocycles. The van der Waals surface area contributed by atoms with E-state index in [-0.39, 0.29) is 0 Å². The molecule has 0 amide bonds. The molecule has 0 unspecified atom stereocenters. The lowest BCUT2D eigenvalue weighted by molar-refractivity contribution is 0.339. The molecule has 0 bridgehead atoms. The van der Waals surface area contributed by atoms with E-state index in [0.29, 0.717) is 6.61 Å². The maximum Gasteiger partial charge on any atom is 0.127 e. The molecule has 0 aliphatic carbocycles. The van der Waals surface area contributed by atoms with Crippen LogP contribution in [0.15, 0.2) is 73.3 Å². The van der Waals surface area contributed by atoms with Gasteiger partial charge in [-0.15, -0.1) is 0 Å². The van der Waals surface area contributed by atoms with Gasteiger partial charge >= 0.3 is 0 Å². The highest BCUT2D eigenvalue weighted by Crippen LogP contribution is 2.31. The van der Waals surface area contributed by atoms with E-state index >= 15 is 0 Å². The van der Waals surface area contributed by atoms with Gasteiger partial charge in [-0.05, 0) is 61.7 Å². The molecule has 0 spiro atoms. The van der Waals surface area contributed by atoms with Gasteiger partial charge in [0.1, 0.15) is 5.75 Å². The highest BCUT2D eigenvalue weighted by atomic mass is 16.5. The van der Waals surface area contributed by atoms with Gasteiger partial charge in [0.2, 0.25) is 0 Å². The maximum atomic E-state index is 5.81. The predicted octanol–water partition coefficient (Wildman–Crippen LogP) is 6.54. The van der Waals surface area contributed by atoms with Crippen LogP contribution in [0.1, 0.15) is 31.9 Å². The summed E-state index contributed by atoms with van der Waals surface area (Å²) in [6.07, 6.45) is 8.94. The molecule has 2 heteroatoms. The Kier molecular flexibility index (Phi) is 7.09. The van der Waals surface area contributed by atoms with E-state index in [1.807, 2.05) is 38.1 Å². The lowest BCUT2D eigenvalue weighted by Gasteiger charge is -2.14. The van der Waals surface area contributed by atoms with E-state index in [4.69, 9.17) is 4.74 Å². The molecule has 0 radical (unpaired) electrons. The summed E-state index contributed by atoms with van der Waals surface area (Å²) in [5.74, 6) is 0.876. The second kappa shape index (κ2) is 9.53. The Balaban J connectivity index is 2.37. The lowest BCUT2D eigenvalue weighted by atomic mass is 10.0. The summed E-state index contributed by atoms with van der Waals surface area (Å²) in [7, 11) is 0. The van der Waals surface area contributed by atoms with Gasteiger partial charge in [0, 0.05) is 16.9 Å². The molecule has 2 aromatic carbocycles. The first-order chi connectivity index (χ1) is 12.2. The first-order valence-corrected chi connectivity index (χ1v) is 8.80. The van der Waals surface area contributed by atoms with Gasteiger partial charge in [0.25, 0.3) is 0 Å². The molecule has 25 heavy (non-hydrogen) atoms. The maximum absolute atomic E-state index is 5.81. The zero-order chi connectivity index (χ0) is 18.1. The molecule has 0 aliphatic rings. The molecule has 2 rings (SSSR count). The fourth-order valence-electron chi connectivity index (χ4n) is 2.65. The van der Waals surface area contributed by atoms with Crippen LogP contribution in [0.25, 0.3) is 5.57 Å². The van der Waals surface area contributed by atoms with Gasteiger partial charge in [0.05, 0.1) is 6.61 Å². The van der Waals surface area contributed by atoms with Crippen molar-refractivity contribution in [3.63, 3.8) is 0 Å². The second-order valence-corrected chi connectivity index (χ2v) is 5.68. The number of hydrogen-bond acceptors (Lipinski definition) is 2. The van der Waals surface area contributed by atoms with E-state index in [9.17, 15) is 0 Å². The van der Waals surface area contributed by atoms with Crippen LogP contribution in [0.3, 0.4) is 0 Å². The van der Waals surface area contributed by atoms with Crippen molar-refractivity contribution in [2.45, 2.75) is 27.2 Å². The molecule has 0 saturated heterocycles. The molecule has 0 saturated carbocycles. The predicted molar refractivity (Wildman–Crippen MR) is 110 cm³/mol. The smallest absolute Gasteiger partial charge is 0.127 e. The van der Waals surface area contributed by atoms with Crippen molar-refractivity contribution in [3.05, 3.63) is 84.5 Å². The van der Waals surface area contributed by atoms with Crippen molar-refractivity contribution >= 4 is 16.9 Å². The molecule has 130 valence electrons. The summed E-state index contributed by atoms with van der Waals surface area (Å²) in [5.41, 5.74) is 5.57. The van der Waals surface area contributed by atoms with Gasteiger partial charge in [-0.2, -0.15) is 0 Å². The van der Waals surface area contributed by atoms with Crippen molar-refractivity contribution < 1.29 is 4.74 Å². The third-order valence-corrected chi connectivity index (χ3v) is 3.88. The van der Waals surface area contributed by atoms with Gasteiger partial charge in [-0.1, -0.05) is 49.9 Å². The SMILES string of the molecule is C=C/C=C(\C=C/C)c1cc(Nc2ccc(CC)cc2)ccc1OCC. The molecule has 2 nitrogen and oxygen atoms in total. The fraction of sp³-hybridized carbons (Fsp3) is 0.217. The number of rotatable bonds is 8. The summed E-state index contributed by atoms with van der Waals surface area (Å²) < 4.78 is 5.81. The van der Waals surface area contributed by atoms with Gasteiger partial charge in [-0.3, -0.25) is 0 Å². The monoisotopic (exact) mass is 333 g/mol. The number of anilines is 2. The quantitative estimate of drug-likeness (QED) is 0.554. The van der Waals surface area contributed by atoms with E-state index in [2.05, 4.69) is 55.2 Å². The zero-order valence-corrected chi connectivity index (χ0v) is 15.4. The van der Waals surface area contributed by atoms with E-state index in [1.54, 1.807) is 6.08 Å². The van der Waals surface area contributed by atoms with Crippen LogP contribution in [-0.4, -0.2) is 6.61 Å². The molecule has 0 heterocycles. The summed E-state index contributed by atoms with van der Waals surface area (Å²) in [6, 6.07) is 14.7. The summed E-state index contributed by atoms with van der Waals surface area (Å²) in [5, 5.41) is 3.47. The largest absolute Gasteiger partial charge is 0.493 e. The normalized spacial score (nSPS) is 11.6. The standard InChI is InChI=1S/C23H27NO/c1-5-9-19(10-6-2)22-17-21(15-16-23(22)25-8-4)24-20-13-11-18(7-3)12-14-20/h5-6,9-17,24H,1,7-8H2,2-4H3/b10-6-,19-9+. The Morgan fingerprint density at radius 2 is 1.80 bits per heavy atom. The lowest BCUT2D eigenvalue weighted by Crippen LogP contribution is -1.98. The average Bonchev–Trinajstić information content (AvgIpc) is 2.64. The van der Waals surface area contributed by atoms with Crippen LogP contribution in [0.2, 0.25) is 0 Å². The number of nitrogens with one attached hydrogen (secondary N) is 1. The third-order valence-electron chi connectivity index (χ3n) is 3.88. The van der Waals surface area contributed by atoms with Crippen LogP contribution in [0, 0.1) is 0 Å². The number of hydrogen-bond donors (Lipinski definition) is 1. The summed E-state index contributed by atoms with van der Waals surface area (Å²) >= 11 is 0. The summed E-state index contributed by atoms with van der Waals surface area (Å²) in [4.78, 5) is 0. The van der Waals surface area contributed by atoms with E-state index < -0.39 is 0 Å². The minimum atomic E-state index is 0.634. The minimum absolute atomic E-state index is 0.634. The first-order valence-electron chi connectivity index (χ1n) is 8.80. The van der Waals surface area contributed by atoms with E-state index in [1.165, 1.54) is 5.56 Å². The molecule has 1 N–H and O–H groups in total. The number of aryl methyl sites for hydroxylation is 1. The van der Waals surface area contributed by atoms with Crippen LogP contribution in [0.5, 0.6) is 5.75 Å². The van der Waals surface area contributed by atoms with Crippen LogP contribution >= 0.6 is 0 Å². The van der Waals surface area contributed by atoms with E-state index in [0.717, 1.165) is 34.7 Å². The molecular weight excluding hydrogens is 306 g/mol.